The molecule has 0 aliphatic heterocycles. The van der Waals surface area contributed by atoms with Gasteiger partial charge < -0.3 is 9.84 Å². The third-order valence-electron chi connectivity index (χ3n) is 5.56. The van der Waals surface area contributed by atoms with Crippen LogP contribution in [0.5, 0.6) is 0 Å². The number of carbonyl (C=O) groups excluding carboxylic acids is 1. The number of halogens is 2. The number of amides is 1. The Morgan fingerprint density at radius 2 is 1.72 bits per heavy atom. The molecule has 0 fully saturated rings. The van der Waals surface area contributed by atoms with Crippen LogP contribution in [0, 0.1) is 6.92 Å². The van der Waals surface area contributed by atoms with Crippen molar-refractivity contribution >= 4 is 52.5 Å². The zero-order valence-electron chi connectivity index (χ0n) is 19.4. The van der Waals surface area contributed by atoms with Gasteiger partial charge in [-0.15, -0.1) is 0 Å². The van der Waals surface area contributed by atoms with E-state index in [0.29, 0.717) is 27.0 Å². The van der Waals surface area contributed by atoms with E-state index in [-0.39, 0.29) is 6.42 Å². The average Bonchev–Trinajstić information content (AvgIpc) is 3.19. The van der Waals surface area contributed by atoms with Gasteiger partial charge >= 0.3 is 12.1 Å². The Morgan fingerprint density at radius 1 is 1.03 bits per heavy atom. The van der Waals surface area contributed by atoms with Crippen LogP contribution < -0.4 is 5.32 Å². The maximum Gasteiger partial charge on any atom is 0.412 e. The number of carboxylic acids is 1. The van der Waals surface area contributed by atoms with Gasteiger partial charge in [-0.05, 0) is 54.2 Å². The van der Waals surface area contributed by atoms with Gasteiger partial charge in [-0.1, -0.05) is 77.8 Å². The molecule has 0 aliphatic rings. The standard InChI is InChI=1S/C27H22Cl2N2O4S/c1-15-25(30-27(34)35-16(2)20-5-3-4-6-22(20)28)26(36-31-15)19-10-8-18(9-11-19)21-12-7-17(13-23(21)29)14-24(32)33/h3-13,16H,14H2,1-2H3,(H,30,34)(H,32,33)/t16-/m1/s1. The largest absolute Gasteiger partial charge is 0.481 e. The Hall–Kier alpha value is -3.39. The molecule has 0 saturated heterocycles. The predicted molar refractivity (Wildman–Crippen MR) is 144 cm³/mol. The Kier molecular flexibility index (Phi) is 7.94. The minimum Gasteiger partial charge on any atom is -0.481 e. The second kappa shape index (κ2) is 11.1. The van der Waals surface area contributed by atoms with Crippen LogP contribution in [-0.4, -0.2) is 21.5 Å². The molecule has 184 valence electrons. The van der Waals surface area contributed by atoms with Crippen LogP contribution >= 0.6 is 34.7 Å². The van der Waals surface area contributed by atoms with Crippen molar-refractivity contribution < 1.29 is 19.4 Å². The van der Waals surface area contributed by atoms with E-state index in [1.54, 1.807) is 25.1 Å². The summed E-state index contributed by atoms with van der Waals surface area (Å²) in [6, 6.07) is 20.2. The van der Waals surface area contributed by atoms with E-state index in [9.17, 15) is 9.59 Å². The van der Waals surface area contributed by atoms with Crippen LogP contribution in [0.3, 0.4) is 0 Å². The van der Waals surface area contributed by atoms with Crippen molar-refractivity contribution in [3.8, 4) is 21.6 Å². The number of carboxylic acid groups (broad SMARTS) is 1. The summed E-state index contributed by atoms with van der Waals surface area (Å²) >= 11 is 13.9. The number of aryl methyl sites for hydroxylation is 1. The summed E-state index contributed by atoms with van der Waals surface area (Å²) < 4.78 is 9.96. The number of benzene rings is 3. The highest BCUT2D eigenvalue weighted by molar-refractivity contribution is 7.10. The van der Waals surface area contributed by atoms with Crippen molar-refractivity contribution in [2.75, 3.05) is 5.32 Å². The molecule has 36 heavy (non-hydrogen) atoms. The molecule has 9 heteroatoms. The van der Waals surface area contributed by atoms with Crippen molar-refractivity contribution in [1.82, 2.24) is 4.37 Å². The van der Waals surface area contributed by atoms with E-state index in [0.717, 1.165) is 27.1 Å². The SMILES string of the molecule is Cc1nsc(-c2ccc(-c3ccc(CC(=O)O)cc3Cl)cc2)c1NC(=O)O[C@H](C)c1ccccc1Cl. The van der Waals surface area contributed by atoms with Crippen molar-refractivity contribution in [1.29, 1.82) is 0 Å². The van der Waals surface area contributed by atoms with Gasteiger partial charge in [0.05, 0.1) is 22.7 Å². The third-order valence-corrected chi connectivity index (χ3v) is 7.21. The van der Waals surface area contributed by atoms with Crippen molar-refractivity contribution in [2.24, 2.45) is 0 Å². The van der Waals surface area contributed by atoms with Crippen LogP contribution in [0.25, 0.3) is 21.6 Å². The molecule has 1 atom stereocenters. The fraction of sp³-hybridized carbons (Fsp3) is 0.148. The first-order chi connectivity index (χ1) is 17.2. The Labute approximate surface area is 222 Å². The lowest BCUT2D eigenvalue weighted by Crippen LogP contribution is -2.16. The molecule has 0 spiro atoms. The van der Waals surface area contributed by atoms with Gasteiger partial charge in [0.1, 0.15) is 6.10 Å². The van der Waals surface area contributed by atoms with Crippen molar-refractivity contribution in [3.63, 3.8) is 0 Å². The molecule has 0 saturated carbocycles. The zero-order chi connectivity index (χ0) is 25.8. The molecule has 4 rings (SSSR count). The highest BCUT2D eigenvalue weighted by atomic mass is 35.5. The molecular weight excluding hydrogens is 519 g/mol. The second-order valence-corrected chi connectivity index (χ2v) is 9.72. The normalized spacial score (nSPS) is 11.7. The molecule has 6 nitrogen and oxygen atoms in total. The maximum absolute atomic E-state index is 12.7. The summed E-state index contributed by atoms with van der Waals surface area (Å²) in [7, 11) is 0. The first kappa shape index (κ1) is 25.7. The Morgan fingerprint density at radius 3 is 2.39 bits per heavy atom. The second-order valence-electron chi connectivity index (χ2n) is 8.13. The fourth-order valence-corrected chi connectivity index (χ4v) is 5.21. The smallest absolute Gasteiger partial charge is 0.412 e. The molecule has 4 aromatic rings. The quantitative estimate of drug-likeness (QED) is 0.247. The van der Waals surface area contributed by atoms with E-state index in [1.165, 1.54) is 11.5 Å². The molecule has 1 aromatic heterocycles. The number of carbonyl (C=O) groups is 2. The number of aliphatic carboxylic acids is 1. The number of rotatable bonds is 7. The molecule has 0 aliphatic carbocycles. The average molecular weight is 541 g/mol. The summed E-state index contributed by atoms with van der Waals surface area (Å²) in [4.78, 5) is 24.4. The van der Waals surface area contributed by atoms with Gasteiger partial charge in [0.25, 0.3) is 0 Å². The van der Waals surface area contributed by atoms with Gasteiger partial charge in [0, 0.05) is 21.2 Å². The predicted octanol–water partition coefficient (Wildman–Crippen LogP) is 8.03. The minimum atomic E-state index is -0.908. The maximum atomic E-state index is 12.7. The lowest BCUT2D eigenvalue weighted by atomic mass is 10.0. The van der Waals surface area contributed by atoms with Crippen LogP contribution in [0.1, 0.15) is 29.8 Å². The van der Waals surface area contributed by atoms with Crippen LogP contribution in [0.2, 0.25) is 10.0 Å². The Bertz CT molecular complexity index is 1420. The van der Waals surface area contributed by atoms with E-state index < -0.39 is 18.2 Å². The number of nitrogens with zero attached hydrogens (tertiary/aromatic N) is 1. The molecular formula is C27H22Cl2N2O4S. The van der Waals surface area contributed by atoms with Crippen LogP contribution in [0.4, 0.5) is 10.5 Å². The van der Waals surface area contributed by atoms with Gasteiger partial charge in [-0.25, -0.2) is 4.79 Å². The Balaban J connectivity index is 1.51. The fourth-order valence-electron chi connectivity index (χ4n) is 3.75. The molecule has 3 aromatic carbocycles. The molecule has 1 amide bonds. The summed E-state index contributed by atoms with van der Waals surface area (Å²) in [6.45, 7) is 3.58. The lowest BCUT2D eigenvalue weighted by Gasteiger charge is -2.16. The van der Waals surface area contributed by atoms with Crippen LogP contribution in [0.15, 0.2) is 66.7 Å². The number of hydrogen-bond donors (Lipinski definition) is 2. The zero-order valence-corrected chi connectivity index (χ0v) is 21.7. The highest BCUT2D eigenvalue weighted by Gasteiger charge is 2.19. The van der Waals surface area contributed by atoms with Gasteiger partial charge in [-0.2, -0.15) is 4.37 Å². The molecule has 0 unspecified atom stereocenters. The summed E-state index contributed by atoms with van der Waals surface area (Å²) in [5.74, 6) is -0.908. The molecule has 2 N–H and O–H groups in total. The van der Waals surface area contributed by atoms with Crippen LogP contribution in [-0.2, 0) is 16.0 Å². The molecule has 0 bridgehead atoms. The molecule has 1 heterocycles. The summed E-state index contributed by atoms with van der Waals surface area (Å²) in [5.41, 5.74) is 5.18. The van der Waals surface area contributed by atoms with Gasteiger partial charge in [0.15, 0.2) is 0 Å². The first-order valence-electron chi connectivity index (χ1n) is 11.0. The third kappa shape index (κ3) is 5.87. The topological polar surface area (TPSA) is 88.5 Å². The highest BCUT2D eigenvalue weighted by Crippen LogP contribution is 2.37. The van der Waals surface area contributed by atoms with E-state index in [2.05, 4.69) is 9.69 Å². The van der Waals surface area contributed by atoms with E-state index in [4.69, 9.17) is 33.0 Å². The number of aromatic nitrogens is 1. The monoisotopic (exact) mass is 540 g/mol. The van der Waals surface area contributed by atoms with Crippen molar-refractivity contribution in [2.45, 2.75) is 26.4 Å². The summed E-state index contributed by atoms with van der Waals surface area (Å²) in [6.07, 6.45) is -1.21. The van der Waals surface area contributed by atoms with Gasteiger partial charge in [0.2, 0.25) is 0 Å². The van der Waals surface area contributed by atoms with Gasteiger partial charge in [-0.3, -0.25) is 10.1 Å². The number of hydrogen-bond acceptors (Lipinski definition) is 5. The first-order valence-corrected chi connectivity index (χ1v) is 12.5. The minimum absolute atomic E-state index is 0.0843. The number of ether oxygens (including phenoxy) is 1. The van der Waals surface area contributed by atoms with Crippen molar-refractivity contribution in [3.05, 3.63) is 93.6 Å². The number of anilines is 1. The van der Waals surface area contributed by atoms with E-state index in [1.807, 2.05) is 55.5 Å². The molecule has 0 radical (unpaired) electrons. The number of nitrogens with one attached hydrogen (secondary N) is 1. The summed E-state index contributed by atoms with van der Waals surface area (Å²) in [5, 5.41) is 12.8. The van der Waals surface area contributed by atoms with E-state index >= 15 is 0 Å². The lowest BCUT2D eigenvalue weighted by molar-refractivity contribution is -0.136.